The van der Waals surface area contributed by atoms with E-state index in [9.17, 15) is 4.79 Å². The Labute approximate surface area is 112 Å². The van der Waals surface area contributed by atoms with Gasteiger partial charge in [0.25, 0.3) is 0 Å². The van der Waals surface area contributed by atoms with Crippen LogP contribution in [0, 0.1) is 5.92 Å². The van der Waals surface area contributed by atoms with Gasteiger partial charge in [0.1, 0.15) is 0 Å². The summed E-state index contributed by atoms with van der Waals surface area (Å²) in [6.07, 6.45) is 0.910. The molecule has 0 amide bonds. The van der Waals surface area contributed by atoms with Crippen LogP contribution in [-0.2, 0) is 9.53 Å². The average molecular weight is 268 g/mol. The second-order valence-corrected chi connectivity index (χ2v) is 4.89. The molecule has 0 bridgehead atoms. The Morgan fingerprint density at radius 3 is 3.00 bits per heavy atom. The smallest absolute Gasteiger partial charge is 0.310 e. The number of piperidine rings is 1. The highest BCUT2D eigenvalue weighted by Gasteiger charge is 2.33. The van der Waals surface area contributed by atoms with Crippen LogP contribution in [0.3, 0.4) is 0 Å². The highest BCUT2D eigenvalue weighted by molar-refractivity contribution is 6.31. The lowest BCUT2D eigenvalue weighted by molar-refractivity contribution is -0.149. The van der Waals surface area contributed by atoms with Crippen LogP contribution in [-0.4, -0.2) is 25.7 Å². The van der Waals surface area contributed by atoms with E-state index < -0.39 is 0 Å². The van der Waals surface area contributed by atoms with E-state index in [0.29, 0.717) is 13.2 Å². The number of nitrogens with one attached hydrogen (secondary N) is 1. The van der Waals surface area contributed by atoms with Gasteiger partial charge in [0.2, 0.25) is 0 Å². The summed E-state index contributed by atoms with van der Waals surface area (Å²) in [5, 5.41) is 3.98. The summed E-state index contributed by atoms with van der Waals surface area (Å²) in [5.74, 6) is -0.118. The monoisotopic (exact) mass is 267 g/mol. The van der Waals surface area contributed by atoms with Crippen molar-refractivity contribution in [3.63, 3.8) is 0 Å². The van der Waals surface area contributed by atoms with Gasteiger partial charge in [-0.15, -0.1) is 0 Å². The summed E-state index contributed by atoms with van der Waals surface area (Å²) in [6.45, 7) is 3.82. The molecule has 0 aliphatic carbocycles. The summed E-state index contributed by atoms with van der Waals surface area (Å²) >= 11 is 6.23. The Balaban J connectivity index is 2.23. The number of esters is 1. The Bertz CT molecular complexity index is 422. The molecule has 3 nitrogen and oxygen atoms in total. The van der Waals surface area contributed by atoms with E-state index in [-0.39, 0.29) is 17.8 Å². The van der Waals surface area contributed by atoms with Crippen LogP contribution >= 0.6 is 11.6 Å². The molecule has 0 radical (unpaired) electrons. The van der Waals surface area contributed by atoms with Crippen molar-refractivity contribution in [2.75, 3.05) is 19.7 Å². The maximum atomic E-state index is 12.0. The van der Waals surface area contributed by atoms with Crippen molar-refractivity contribution in [1.29, 1.82) is 0 Å². The number of halogens is 1. The zero-order valence-corrected chi connectivity index (χ0v) is 11.2. The molecule has 1 aliphatic rings. The largest absolute Gasteiger partial charge is 0.466 e. The molecule has 18 heavy (non-hydrogen) atoms. The zero-order chi connectivity index (χ0) is 13.0. The summed E-state index contributed by atoms with van der Waals surface area (Å²) < 4.78 is 5.15. The predicted octanol–water partition coefficient (Wildman–Crippen LogP) is 2.60. The van der Waals surface area contributed by atoms with Gasteiger partial charge >= 0.3 is 5.97 Å². The van der Waals surface area contributed by atoms with Crippen molar-refractivity contribution in [1.82, 2.24) is 5.32 Å². The molecule has 0 spiro atoms. The molecule has 1 aromatic rings. The number of hydrogen-bond donors (Lipinski definition) is 1. The molecule has 0 aromatic heterocycles. The summed E-state index contributed by atoms with van der Waals surface area (Å²) in [5.41, 5.74) is 1.05. The molecule has 1 fully saturated rings. The minimum absolute atomic E-state index is 0.130. The van der Waals surface area contributed by atoms with Crippen molar-refractivity contribution in [3.8, 4) is 0 Å². The lowest BCUT2D eigenvalue weighted by Gasteiger charge is -2.31. The number of rotatable bonds is 3. The van der Waals surface area contributed by atoms with Gasteiger partial charge in [-0.2, -0.15) is 0 Å². The highest BCUT2D eigenvalue weighted by Crippen LogP contribution is 2.35. The minimum atomic E-state index is -0.140. The summed E-state index contributed by atoms with van der Waals surface area (Å²) in [7, 11) is 0. The fourth-order valence-corrected chi connectivity index (χ4v) is 2.78. The van der Waals surface area contributed by atoms with Gasteiger partial charge < -0.3 is 10.1 Å². The average Bonchev–Trinajstić information content (AvgIpc) is 2.40. The first-order chi connectivity index (χ1) is 8.74. The Kier molecular flexibility index (Phi) is 4.61. The van der Waals surface area contributed by atoms with Crippen LogP contribution in [0.5, 0.6) is 0 Å². The van der Waals surface area contributed by atoms with Gasteiger partial charge in [-0.25, -0.2) is 0 Å². The third-order valence-electron chi connectivity index (χ3n) is 3.38. The van der Waals surface area contributed by atoms with E-state index in [1.165, 1.54) is 0 Å². The molecule has 2 unspecified atom stereocenters. The van der Waals surface area contributed by atoms with Crippen molar-refractivity contribution in [2.24, 2.45) is 5.92 Å². The Hall–Kier alpha value is -1.06. The van der Waals surface area contributed by atoms with E-state index in [0.717, 1.165) is 23.6 Å². The Morgan fingerprint density at radius 2 is 2.28 bits per heavy atom. The number of carbonyl (C=O) groups excluding carboxylic acids is 1. The van der Waals surface area contributed by atoms with Crippen molar-refractivity contribution < 1.29 is 9.53 Å². The molecule has 1 heterocycles. The molecule has 1 saturated heterocycles. The van der Waals surface area contributed by atoms with Crippen LogP contribution in [0.2, 0.25) is 5.02 Å². The first-order valence-corrected chi connectivity index (χ1v) is 6.73. The van der Waals surface area contributed by atoms with Crippen molar-refractivity contribution in [2.45, 2.75) is 19.3 Å². The topological polar surface area (TPSA) is 38.3 Å². The standard InChI is InChI=1S/C14H18ClNO2/c1-2-18-14(17)12-9-16-8-7-10(12)11-5-3-4-6-13(11)15/h3-6,10,12,16H,2,7-9H2,1H3. The predicted molar refractivity (Wildman–Crippen MR) is 71.8 cm³/mol. The second kappa shape index (κ2) is 6.21. The quantitative estimate of drug-likeness (QED) is 0.856. The van der Waals surface area contributed by atoms with E-state index in [4.69, 9.17) is 16.3 Å². The third kappa shape index (κ3) is 2.85. The van der Waals surface area contributed by atoms with Crippen LogP contribution < -0.4 is 5.32 Å². The minimum Gasteiger partial charge on any atom is -0.466 e. The molecule has 98 valence electrons. The molecular formula is C14H18ClNO2. The van der Waals surface area contributed by atoms with Crippen LogP contribution in [0.25, 0.3) is 0 Å². The number of ether oxygens (including phenoxy) is 1. The van der Waals surface area contributed by atoms with Gasteiger partial charge in [0.15, 0.2) is 0 Å². The van der Waals surface area contributed by atoms with E-state index in [2.05, 4.69) is 5.32 Å². The second-order valence-electron chi connectivity index (χ2n) is 4.48. The van der Waals surface area contributed by atoms with Gasteiger partial charge in [-0.1, -0.05) is 29.8 Å². The fourth-order valence-electron chi connectivity index (χ4n) is 2.50. The van der Waals surface area contributed by atoms with E-state index in [1.54, 1.807) is 0 Å². The molecule has 0 saturated carbocycles. The van der Waals surface area contributed by atoms with Crippen molar-refractivity contribution >= 4 is 17.6 Å². The molecule has 2 rings (SSSR count). The molecule has 1 aliphatic heterocycles. The van der Waals surface area contributed by atoms with Crippen LogP contribution in [0.15, 0.2) is 24.3 Å². The normalized spacial score (nSPS) is 23.7. The number of carbonyl (C=O) groups is 1. The summed E-state index contributed by atoms with van der Waals surface area (Å²) in [4.78, 5) is 12.0. The van der Waals surface area contributed by atoms with Gasteiger partial charge in [-0.3, -0.25) is 4.79 Å². The van der Waals surface area contributed by atoms with E-state index >= 15 is 0 Å². The maximum Gasteiger partial charge on any atom is 0.310 e. The lowest BCUT2D eigenvalue weighted by Crippen LogP contribution is -2.40. The Morgan fingerprint density at radius 1 is 1.50 bits per heavy atom. The van der Waals surface area contributed by atoms with Crippen LogP contribution in [0.1, 0.15) is 24.8 Å². The summed E-state index contributed by atoms with van der Waals surface area (Å²) in [6, 6.07) is 7.75. The van der Waals surface area contributed by atoms with Gasteiger partial charge in [-0.05, 0) is 31.5 Å². The third-order valence-corrected chi connectivity index (χ3v) is 3.72. The number of hydrogen-bond acceptors (Lipinski definition) is 3. The number of benzene rings is 1. The van der Waals surface area contributed by atoms with Crippen molar-refractivity contribution in [3.05, 3.63) is 34.9 Å². The maximum absolute atomic E-state index is 12.0. The molecule has 1 aromatic carbocycles. The first kappa shape index (κ1) is 13.4. The lowest BCUT2D eigenvalue weighted by atomic mass is 9.81. The van der Waals surface area contributed by atoms with Crippen LogP contribution in [0.4, 0.5) is 0 Å². The molecular weight excluding hydrogens is 250 g/mol. The zero-order valence-electron chi connectivity index (χ0n) is 10.5. The van der Waals surface area contributed by atoms with Gasteiger partial charge in [0, 0.05) is 17.5 Å². The first-order valence-electron chi connectivity index (χ1n) is 6.35. The molecule has 2 atom stereocenters. The van der Waals surface area contributed by atoms with E-state index in [1.807, 2.05) is 31.2 Å². The highest BCUT2D eigenvalue weighted by atomic mass is 35.5. The van der Waals surface area contributed by atoms with Gasteiger partial charge in [0.05, 0.1) is 12.5 Å². The molecule has 4 heteroatoms. The fraction of sp³-hybridized carbons (Fsp3) is 0.500. The SMILES string of the molecule is CCOC(=O)C1CNCCC1c1ccccc1Cl. The molecule has 1 N–H and O–H groups in total.